The third-order valence-electron chi connectivity index (χ3n) is 3.46. The number of imidazole rings is 1. The first kappa shape index (κ1) is 13.3. The lowest BCUT2D eigenvalue weighted by Crippen LogP contribution is -2.03. The molecule has 0 saturated carbocycles. The van der Waals surface area contributed by atoms with Crippen LogP contribution >= 0.6 is 15.9 Å². The Bertz CT molecular complexity index is 694. The fourth-order valence-electron chi connectivity index (χ4n) is 2.41. The molecular formula is C14H14BrN3O2. The van der Waals surface area contributed by atoms with Crippen LogP contribution in [0.3, 0.4) is 0 Å². The molecule has 0 saturated heterocycles. The van der Waals surface area contributed by atoms with E-state index < -0.39 is 0 Å². The number of amides is 1. The largest absolute Gasteiger partial charge is 0.396 e. The first-order chi connectivity index (χ1) is 9.60. The number of anilines is 1. The monoisotopic (exact) mass is 335 g/mol. The van der Waals surface area contributed by atoms with Gasteiger partial charge in [-0.1, -0.05) is 6.07 Å². The second kappa shape index (κ2) is 5.03. The molecule has 0 aliphatic carbocycles. The minimum Gasteiger partial charge on any atom is -0.396 e. The number of halogens is 1. The summed E-state index contributed by atoms with van der Waals surface area (Å²) in [6.07, 6.45) is 0.928. The van der Waals surface area contributed by atoms with Crippen molar-refractivity contribution in [3.8, 4) is 11.3 Å². The summed E-state index contributed by atoms with van der Waals surface area (Å²) in [4.78, 5) is 16.0. The molecule has 20 heavy (non-hydrogen) atoms. The zero-order chi connectivity index (χ0) is 14.3. The van der Waals surface area contributed by atoms with Crippen molar-refractivity contribution in [2.45, 2.75) is 12.8 Å². The van der Waals surface area contributed by atoms with E-state index in [0.717, 1.165) is 32.9 Å². The minimum atomic E-state index is 0.0261. The number of carbonyl (C=O) groups is 1. The number of aromatic nitrogens is 2. The fraction of sp³-hybridized carbons (Fsp3) is 0.286. The molecule has 6 heteroatoms. The molecule has 1 amide bonds. The van der Waals surface area contributed by atoms with Crippen LogP contribution in [0.5, 0.6) is 0 Å². The molecule has 0 fully saturated rings. The van der Waals surface area contributed by atoms with Crippen LogP contribution in [-0.2, 0) is 24.7 Å². The maximum atomic E-state index is 11.4. The average molecular weight is 336 g/mol. The number of nitrogens with one attached hydrogen (secondary N) is 1. The molecule has 1 aliphatic rings. The molecule has 0 spiro atoms. The second-order valence-electron chi connectivity index (χ2n) is 4.80. The highest BCUT2D eigenvalue weighted by Crippen LogP contribution is 2.32. The molecule has 0 bridgehead atoms. The molecule has 5 nitrogen and oxygen atoms in total. The Morgan fingerprint density at radius 1 is 1.50 bits per heavy atom. The number of carbonyl (C=O) groups excluding carboxylic acids is 1. The van der Waals surface area contributed by atoms with E-state index in [0.29, 0.717) is 12.8 Å². The lowest BCUT2D eigenvalue weighted by molar-refractivity contribution is -0.115. The molecule has 104 valence electrons. The van der Waals surface area contributed by atoms with Crippen LogP contribution in [0.15, 0.2) is 22.8 Å². The SMILES string of the molecule is Cn1c(CCO)nc(-c2ccc3c(c2)CC(=O)N3)c1Br. The molecule has 2 N–H and O–H groups in total. The highest BCUT2D eigenvalue weighted by atomic mass is 79.9. The van der Waals surface area contributed by atoms with E-state index in [1.54, 1.807) is 0 Å². The van der Waals surface area contributed by atoms with Crippen molar-refractivity contribution in [2.24, 2.45) is 7.05 Å². The van der Waals surface area contributed by atoms with Crippen molar-refractivity contribution in [1.29, 1.82) is 0 Å². The van der Waals surface area contributed by atoms with Crippen molar-refractivity contribution in [2.75, 3.05) is 11.9 Å². The number of rotatable bonds is 3. The van der Waals surface area contributed by atoms with E-state index in [1.807, 2.05) is 29.8 Å². The molecule has 2 heterocycles. The number of hydrogen-bond donors (Lipinski definition) is 2. The molecule has 0 unspecified atom stereocenters. The Balaban J connectivity index is 2.04. The Labute approximate surface area is 124 Å². The maximum absolute atomic E-state index is 11.4. The van der Waals surface area contributed by atoms with Crippen molar-refractivity contribution >= 4 is 27.5 Å². The van der Waals surface area contributed by atoms with Crippen LogP contribution in [-0.4, -0.2) is 27.2 Å². The van der Waals surface area contributed by atoms with Gasteiger partial charge in [0.05, 0.1) is 13.0 Å². The standard InChI is InChI=1S/C14H14BrN3O2/c1-18-11(4-5-19)17-13(14(18)15)8-2-3-10-9(6-8)7-12(20)16-10/h2-3,6,19H,4-5,7H2,1H3,(H,16,20). The van der Waals surface area contributed by atoms with Gasteiger partial charge in [-0.05, 0) is 33.6 Å². The van der Waals surface area contributed by atoms with Gasteiger partial charge in [-0.3, -0.25) is 4.79 Å². The number of benzene rings is 1. The fourth-order valence-corrected chi connectivity index (χ4v) is 2.93. The highest BCUT2D eigenvalue weighted by molar-refractivity contribution is 9.10. The highest BCUT2D eigenvalue weighted by Gasteiger charge is 2.20. The minimum absolute atomic E-state index is 0.0261. The first-order valence-electron chi connectivity index (χ1n) is 6.35. The maximum Gasteiger partial charge on any atom is 0.228 e. The summed E-state index contributed by atoms with van der Waals surface area (Å²) in [5.74, 6) is 0.849. The lowest BCUT2D eigenvalue weighted by Gasteiger charge is -2.02. The second-order valence-corrected chi connectivity index (χ2v) is 5.55. The Hall–Kier alpha value is -1.66. The van der Waals surface area contributed by atoms with Gasteiger partial charge in [0.15, 0.2) is 0 Å². The van der Waals surface area contributed by atoms with Gasteiger partial charge < -0.3 is 15.0 Å². The molecule has 3 rings (SSSR count). The first-order valence-corrected chi connectivity index (χ1v) is 7.14. The van der Waals surface area contributed by atoms with Gasteiger partial charge in [0.2, 0.25) is 5.91 Å². The van der Waals surface area contributed by atoms with Gasteiger partial charge in [0, 0.05) is 24.7 Å². The third kappa shape index (κ3) is 2.14. The quantitative estimate of drug-likeness (QED) is 0.899. The summed E-state index contributed by atoms with van der Waals surface area (Å²) in [6.45, 7) is 0.0688. The summed E-state index contributed by atoms with van der Waals surface area (Å²) in [5.41, 5.74) is 3.67. The summed E-state index contributed by atoms with van der Waals surface area (Å²) in [5, 5.41) is 11.9. The van der Waals surface area contributed by atoms with Crippen LogP contribution in [0.4, 0.5) is 5.69 Å². The van der Waals surface area contributed by atoms with Crippen LogP contribution < -0.4 is 5.32 Å². The van der Waals surface area contributed by atoms with E-state index >= 15 is 0 Å². The van der Waals surface area contributed by atoms with Gasteiger partial charge in [-0.25, -0.2) is 4.98 Å². The Morgan fingerprint density at radius 2 is 2.30 bits per heavy atom. The molecule has 1 aliphatic heterocycles. The van der Waals surface area contributed by atoms with Crippen molar-refractivity contribution in [3.05, 3.63) is 34.2 Å². The van der Waals surface area contributed by atoms with Crippen LogP contribution in [0.25, 0.3) is 11.3 Å². The summed E-state index contributed by atoms with van der Waals surface area (Å²) in [6, 6.07) is 5.84. The number of aliphatic hydroxyl groups is 1. The van der Waals surface area contributed by atoms with Crippen molar-refractivity contribution in [3.63, 3.8) is 0 Å². The zero-order valence-electron chi connectivity index (χ0n) is 11.0. The van der Waals surface area contributed by atoms with Crippen LogP contribution in [0.2, 0.25) is 0 Å². The molecule has 0 radical (unpaired) electrons. The van der Waals surface area contributed by atoms with Gasteiger partial charge in [-0.2, -0.15) is 0 Å². The van der Waals surface area contributed by atoms with Gasteiger partial charge in [0.1, 0.15) is 16.1 Å². The Morgan fingerprint density at radius 3 is 3.05 bits per heavy atom. The molecule has 1 aromatic carbocycles. The number of hydrogen-bond acceptors (Lipinski definition) is 3. The van der Waals surface area contributed by atoms with Crippen molar-refractivity contribution < 1.29 is 9.90 Å². The van der Waals surface area contributed by atoms with Gasteiger partial charge in [-0.15, -0.1) is 0 Å². The lowest BCUT2D eigenvalue weighted by atomic mass is 10.1. The van der Waals surface area contributed by atoms with E-state index in [-0.39, 0.29) is 12.5 Å². The molecular weight excluding hydrogens is 322 g/mol. The molecule has 0 atom stereocenters. The van der Waals surface area contributed by atoms with Crippen LogP contribution in [0, 0.1) is 0 Å². The van der Waals surface area contributed by atoms with Gasteiger partial charge in [0.25, 0.3) is 0 Å². The third-order valence-corrected chi connectivity index (χ3v) is 4.36. The van der Waals surface area contributed by atoms with E-state index in [4.69, 9.17) is 5.11 Å². The zero-order valence-corrected chi connectivity index (χ0v) is 12.6. The van der Waals surface area contributed by atoms with Crippen molar-refractivity contribution in [1.82, 2.24) is 9.55 Å². The topological polar surface area (TPSA) is 67.1 Å². The van der Waals surface area contributed by atoms with Gasteiger partial charge >= 0.3 is 0 Å². The summed E-state index contributed by atoms with van der Waals surface area (Å²) >= 11 is 3.54. The normalized spacial score (nSPS) is 13.4. The van der Waals surface area contributed by atoms with E-state index in [2.05, 4.69) is 26.2 Å². The predicted molar refractivity (Wildman–Crippen MR) is 79.5 cm³/mol. The summed E-state index contributed by atoms with van der Waals surface area (Å²) in [7, 11) is 1.91. The number of aliphatic hydroxyl groups excluding tert-OH is 1. The average Bonchev–Trinajstić information content (AvgIpc) is 2.92. The smallest absolute Gasteiger partial charge is 0.228 e. The van der Waals surface area contributed by atoms with E-state index in [9.17, 15) is 4.79 Å². The van der Waals surface area contributed by atoms with Crippen LogP contribution in [0.1, 0.15) is 11.4 Å². The number of nitrogens with zero attached hydrogens (tertiary/aromatic N) is 2. The molecule has 2 aromatic rings. The predicted octanol–water partition coefficient (Wildman–Crippen LogP) is 1.88. The molecule has 1 aromatic heterocycles. The summed E-state index contributed by atoms with van der Waals surface area (Å²) < 4.78 is 2.79. The number of fused-ring (bicyclic) bond motifs is 1. The Kier molecular flexibility index (Phi) is 3.35. The van der Waals surface area contributed by atoms with E-state index in [1.165, 1.54) is 0 Å².